The van der Waals surface area contributed by atoms with E-state index in [0.29, 0.717) is 29.3 Å². The summed E-state index contributed by atoms with van der Waals surface area (Å²) in [6.07, 6.45) is 4.46. The number of alkyl halides is 2. The first-order valence-electron chi connectivity index (χ1n) is 12.1. The van der Waals surface area contributed by atoms with Gasteiger partial charge in [0.05, 0.1) is 23.2 Å². The number of benzene rings is 1. The van der Waals surface area contributed by atoms with E-state index in [9.17, 15) is 17.4 Å². The molecule has 2 aliphatic heterocycles. The molecule has 1 saturated heterocycles. The van der Waals surface area contributed by atoms with Crippen LogP contribution >= 0.6 is 0 Å². The Balaban J connectivity index is 1.39. The van der Waals surface area contributed by atoms with Gasteiger partial charge in [0.1, 0.15) is 23.8 Å². The summed E-state index contributed by atoms with van der Waals surface area (Å²) in [5, 5.41) is 3.21. The third kappa shape index (κ3) is 5.03. The Morgan fingerprint density at radius 2 is 1.86 bits per heavy atom. The molecule has 6 nitrogen and oxygen atoms in total. The molecule has 1 aromatic carbocycles. The van der Waals surface area contributed by atoms with Gasteiger partial charge in [0.2, 0.25) is 0 Å². The quantitative estimate of drug-likeness (QED) is 0.553. The highest BCUT2D eigenvalue weighted by atomic mass is 32.2. The fourth-order valence-corrected chi connectivity index (χ4v) is 7.42. The SMILES string of the molecule is C[C@@H](Nc1ncnc2c1C=C(C1CCS(=O)(=NC3CC3)CC1)CN2C)c1cccc(C(F)F)c1F. The van der Waals surface area contributed by atoms with E-state index in [1.54, 1.807) is 6.92 Å². The van der Waals surface area contributed by atoms with E-state index in [1.807, 2.05) is 7.05 Å². The molecule has 2 fully saturated rings. The highest BCUT2D eigenvalue weighted by Gasteiger charge is 2.31. The number of aromatic nitrogens is 2. The number of hydrogen-bond acceptors (Lipinski definition) is 6. The molecule has 0 amide bonds. The van der Waals surface area contributed by atoms with Crippen molar-refractivity contribution in [1.82, 2.24) is 9.97 Å². The van der Waals surface area contributed by atoms with Crippen molar-refractivity contribution in [2.24, 2.45) is 10.3 Å². The Labute approximate surface area is 204 Å². The minimum absolute atomic E-state index is 0.157. The summed E-state index contributed by atoms with van der Waals surface area (Å²) < 4.78 is 58.7. The van der Waals surface area contributed by atoms with Gasteiger partial charge in [-0.3, -0.25) is 0 Å². The number of halogens is 3. The molecule has 10 heteroatoms. The van der Waals surface area contributed by atoms with Crippen molar-refractivity contribution in [2.45, 2.75) is 51.1 Å². The monoisotopic (exact) mass is 505 g/mol. The van der Waals surface area contributed by atoms with Gasteiger partial charge in [-0.15, -0.1) is 0 Å². The fraction of sp³-hybridized carbons (Fsp3) is 0.520. The molecular weight excluding hydrogens is 475 g/mol. The fourth-order valence-electron chi connectivity index (χ4n) is 4.95. The Kier molecular flexibility index (Phi) is 6.50. The zero-order chi connectivity index (χ0) is 24.7. The van der Waals surface area contributed by atoms with Gasteiger partial charge in [-0.2, -0.15) is 0 Å². The second kappa shape index (κ2) is 9.44. The molecule has 188 valence electrons. The molecule has 5 rings (SSSR count). The minimum Gasteiger partial charge on any atom is -0.363 e. The lowest BCUT2D eigenvalue weighted by molar-refractivity contribution is 0.146. The highest BCUT2D eigenvalue weighted by Crippen LogP contribution is 2.38. The third-order valence-corrected chi connectivity index (χ3v) is 9.50. The van der Waals surface area contributed by atoms with Crippen molar-refractivity contribution >= 4 is 27.4 Å². The molecule has 3 aliphatic rings. The number of rotatable bonds is 6. The predicted molar refractivity (Wildman–Crippen MR) is 133 cm³/mol. The summed E-state index contributed by atoms with van der Waals surface area (Å²) in [7, 11) is -0.118. The summed E-state index contributed by atoms with van der Waals surface area (Å²) >= 11 is 0. The molecule has 1 aromatic heterocycles. The van der Waals surface area contributed by atoms with Crippen LogP contribution in [0, 0.1) is 11.7 Å². The molecule has 0 bridgehead atoms. The summed E-state index contributed by atoms with van der Waals surface area (Å²) in [6.45, 7) is 2.44. The van der Waals surface area contributed by atoms with Gasteiger partial charge in [-0.25, -0.2) is 31.7 Å². The smallest absolute Gasteiger partial charge is 0.266 e. The number of nitrogens with one attached hydrogen (secondary N) is 1. The van der Waals surface area contributed by atoms with Crippen LogP contribution in [0.4, 0.5) is 24.8 Å². The van der Waals surface area contributed by atoms with Crippen LogP contribution in [0.3, 0.4) is 0 Å². The lowest BCUT2D eigenvalue weighted by atomic mass is 9.89. The van der Waals surface area contributed by atoms with Crippen LogP contribution in [0.5, 0.6) is 0 Å². The molecule has 1 saturated carbocycles. The Hall–Kier alpha value is -2.62. The Bertz CT molecular complexity index is 1260. The lowest BCUT2D eigenvalue weighted by Crippen LogP contribution is -2.32. The molecule has 3 heterocycles. The first kappa shape index (κ1) is 24.1. The Morgan fingerprint density at radius 1 is 1.14 bits per heavy atom. The van der Waals surface area contributed by atoms with E-state index >= 15 is 0 Å². The number of hydrogen-bond donors (Lipinski definition) is 1. The maximum absolute atomic E-state index is 14.7. The summed E-state index contributed by atoms with van der Waals surface area (Å²) in [5.74, 6) is 1.95. The average molecular weight is 506 g/mol. The molecular formula is C25H30F3N5OS. The molecule has 1 atom stereocenters. The number of likely N-dealkylation sites (N-methyl/N-ethyl adjacent to an activating group) is 1. The van der Waals surface area contributed by atoms with E-state index in [2.05, 4.69) is 30.6 Å². The van der Waals surface area contributed by atoms with E-state index in [0.717, 1.165) is 49.7 Å². The number of nitrogens with zero attached hydrogens (tertiary/aromatic N) is 4. The summed E-state index contributed by atoms with van der Waals surface area (Å²) in [5.41, 5.74) is 1.57. The van der Waals surface area contributed by atoms with Crippen molar-refractivity contribution in [3.63, 3.8) is 0 Å². The van der Waals surface area contributed by atoms with Crippen LogP contribution in [0.2, 0.25) is 0 Å². The summed E-state index contributed by atoms with van der Waals surface area (Å²) in [4.78, 5) is 10.9. The van der Waals surface area contributed by atoms with E-state index < -0.39 is 33.6 Å². The number of anilines is 2. The van der Waals surface area contributed by atoms with Gasteiger partial charge in [-0.05, 0) is 50.2 Å². The van der Waals surface area contributed by atoms with Gasteiger partial charge >= 0.3 is 0 Å². The molecule has 2 aromatic rings. The highest BCUT2D eigenvalue weighted by molar-refractivity contribution is 7.93. The largest absolute Gasteiger partial charge is 0.363 e. The van der Waals surface area contributed by atoms with Crippen LogP contribution in [-0.4, -0.2) is 45.3 Å². The average Bonchev–Trinajstić information content (AvgIpc) is 3.63. The third-order valence-electron chi connectivity index (χ3n) is 7.07. The minimum atomic E-state index is -2.88. The van der Waals surface area contributed by atoms with Crippen LogP contribution in [0.15, 0.2) is 34.5 Å². The van der Waals surface area contributed by atoms with Gasteiger partial charge in [0.15, 0.2) is 0 Å². The second-order valence-electron chi connectivity index (χ2n) is 9.74. The van der Waals surface area contributed by atoms with E-state index in [4.69, 9.17) is 0 Å². The van der Waals surface area contributed by atoms with Gasteiger partial charge in [0, 0.05) is 40.4 Å². The van der Waals surface area contributed by atoms with Gasteiger partial charge < -0.3 is 10.2 Å². The zero-order valence-corrected chi connectivity index (χ0v) is 20.7. The van der Waals surface area contributed by atoms with Crippen molar-refractivity contribution in [3.05, 3.63) is 52.6 Å². The molecule has 0 radical (unpaired) electrons. The van der Waals surface area contributed by atoms with E-state index in [-0.39, 0.29) is 5.56 Å². The Morgan fingerprint density at radius 3 is 2.54 bits per heavy atom. The molecule has 0 unspecified atom stereocenters. The number of fused-ring (bicyclic) bond motifs is 1. The first-order chi connectivity index (χ1) is 16.7. The van der Waals surface area contributed by atoms with E-state index in [1.165, 1.54) is 24.0 Å². The normalized spacial score (nSPS) is 25.1. The van der Waals surface area contributed by atoms with Crippen molar-refractivity contribution in [2.75, 3.05) is 35.3 Å². The molecule has 1 aliphatic carbocycles. The maximum Gasteiger partial charge on any atom is 0.266 e. The maximum atomic E-state index is 14.7. The molecule has 35 heavy (non-hydrogen) atoms. The molecule has 1 N–H and O–H groups in total. The second-order valence-corrected chi connectivity index (χ2v) is 12.3. The van der Waals surface area contributed by atoms with Crippen LogP contribution in [0.25, 0.3) is 6.08 Å². The van der Waals surface area contributed by atoms with Crippen molar-refractivity contribution in [1.29, 1.82) is 0 Å². The standard InChI is InChI=1S/C25H30F3N5OS/c1-15(19-4-3-5-20(22(19)26)23(27)28)31-24-21-12-17(13-33(2)25(21)30-14-29-24)16-8-10-35(34,11-9-16)32-18-6-7-18/h3-5,12,14-16,18,23H,6-11,13H2,1-2H3,(H,29,30,31)/t15-,16?,35?/m1/s1. The first-order valence-corrected chi connectivity index (χ1v) is 13.9. The van der Waals surface area contributed by atoms with Crippen LogP contribution < -0.4 is 10.2 Å². The summed E-state index contributed by atoms with van der Waals surface area (Å²) in [6, 6.07) is 3.78. The van der Waals surface area contributed by atoms with Crippen LogP contribution in [0.1, 0.15) is 61.8 Å². The molecule has 0 spiro atoms. The van der Waals surface area contributed by atoms with Crippen LogP contribution in [-0.2, 0) is 9.73 Å². The lowest BCUT2D eigenvalue weighted by Gasteiger charge is -2.33. The van der Waals surface area contributed by atoms with Crippen molar-refractivity contribution in [3.8, 4) is 0 Å². The zero-order valence-electron chi connectivity index (χ0n) is 19.9. The topological polar surface area (TPSA) is 70.5 Å². The predicted octanol–water partition coefficient (Wildman–Crippen LogP) is 5.60. The van der Waals surface area contributed by atoms with Gasteiger partial charge in [0.25, 0.3) is 6.43 Å². The van der Waals surface area contributed by atoms with Crippen molar-refractivity contribution < 1.29 is 17.4 Å². The van der Waals surface area contributed by atoms with Gasteiger partial charge in [-0.1, -0.05) is 18.2 Å².